The first-order valence-electron chi connectivity index (χ1n) is 8.04. The summed E-state index contributed by atoms with van der Waals surface area (Å²) in [5.74, 6) is -0.310. The van der Waals surface area contributed by atoms with Gasteiger partial charge >= 0.3 is 6.61 Å². The minimum atomic E-state index is -2.90. The number of halogens is 2. The third-order valence-corrected chi connectivity index (χ3v) is 4.20. The van der Waals surface area contributed by atoms with Gasteiger partial charge in [-0.25, -0.2) is 0 Å². The number of nitrogens with one attached hydrogen (secondary N) is 1. The van der Waals surface area contributed by atoms with E-state index in [-0.39, 0.29) is 16.8 Å². The van der Waals surface area contributed by atoms with Crippen LogP contribution in [0.2, 0.25) is 0 Å². The van der Waals surface area contributed by atoms with Crippen LogP contribution in [0.4, 0.5) is 20.2 Å². The molecule has 140 valence electrons. The molecule has 5 nitrogen and oxygen atoms in total. The third kappa shape index (κ3) is 4.22. The number of benzene rings is 2. The van der Waals surface area contributed by atoms with Gasteiger partial charge in [0.25, 0.3) is 5.91 Å². The molecule has 1 amide bonds. The standard InChI is InChI=1S/C19H17F2N3O2S/c1-23(2)13-5-3-12(4-6-13)11-16-17(25)24(19(27)22-16)14-7-9-15(10-8-14)26-18(20)21/h3-11,18H,1-2H3,(H,22,27)/b16-11+. The van der Waals surface area contributed by atoms with Crippen LogP contribution in [0.15, 0.2) is 54.2 Å². The number of ether oxygens (including phenoxy) is 1. The van der Waals surface area contributed by atoms with Gasteiger partial charge in [0.05, 0.1) is 5.69 Å². The van der Waals surface area contributed by atoms with E-state index in [2.05, 4.69) is 10.1 Å². The van der Waals surface area contributed by atoms with Crippen LogP contribution in [0, 0.1) is 0 Å². The van der Waals surface area contributed by atoms with Crippen molar-refractivity contribution in [1.82, 2.24) is 5.32 Å². The summed E-state index contributed by atoms with van der Waals surface area (Å²) < 4.78 is 28.8. The van der Waals surface area contributed by atoms with E-state index in [0.717, 1.165) is 11.3 Å². The number of carbonyl (C=O) groups is 1. The number of thiocarbonyl (C=S) groups is 1. The van der Waals surface area contributed by atoms with E-state index in [0.29, 0.717) is 11.4 Å². The third-order valence-electron chi connectivity index (χ3n) is 3.92. The lowest BCUT2D eigenvalue weighted by Gasteiger charge is -2.14. The van der Waals surface area contributed by atoms with Gasteiger partial charge in [-0.1, -0.05) is 12.1 Å². The summed E-state index contributed by atoms with van der Waals surface area (Å²) in [5.41, 5.74) is 2.70. The largest absolute Gasteiger partial charge is 0.435 e. The Balaban J connectivity index is 1.80. The highest BCUT2D eigenvalue weighted by Crippen LogP contribution is 2.25. The van der Waals surface area contributed by atoms with E-state index >= 15 is 0 Å². The second kappa shape index (κ2) is 7.71. The monoisotopic (exact) mass is 389 g/mol. The quantitative estimate of drug-likeness (QED) is 0.625. The Morgan fingerprint density at radius 3 is 2.30 bits per heavy atom. The molecular weight excluding hydrogens is 372 g/mol. The Kier molecular flexibility index (Phi) is 5.36. The minimum Gasteiger partial charge on any atom is -0.435 e. The van der Waals surface area contributed by atoms with Crippen molar-refractivity contribution in [3.63, 3.8) is 0 Å². The summed E-state index contributed by atoms with van der Waals surface area (Å²) in [5, 5.41) is 3.11. The fraction of sp³-hybridized carbons (Fsp3) is 0.158. The number of carbonyl (C=O) groups excluding carboxylic acids is 1. The SMILES string of the molecule is CN(C)c1ccc(/C=C2/NC(=S)N(c3ccc(OC(F)F)cc3)C2=O)cc1. The first-order valence-corrected chi connectivity index (χ1v) is 8.45. The average Bonchev–Trinajstić information content (AvgIpc) is 2.89. The van der Waals surface area contributed by atoms with E-state index in [1.54, 1.807) is 6.08 Å². The maximum absolute atomic E-state index is 12.7. The molecule has 1 heterocycles. The van der Waals surface area contributed by atoms with Crippen LogP contribution in [0.5, 0.6) is 5.75 Å². The summed E-state index contributed by atoms with van der Waals surface area (Å²) in [7, 11) is 3.90. The second-order valence-corrected chi connectivity index (χ2v) is 6.37. The molecule has 0 aromatic heterocycles. The van der Waals surface area contributed by atoms with E-state index in [9.17, 15) is 13.6 Å². The lowest BCUT2D eigenvalue weighted by Crippen LogP contribution is -2.30. The van der Waals surface area contributed by atoms with Gasteiger partial charge in [-0.3, -0.25) is 9.69 Å². The van der Waals surface area contributed by atoms with E-state index in [4.69, 9.17) is 12.2 Å². The number of rotatable bonds is 5. The molecule has 0 radical (unpaired) electrons. The van der Waals surface area contributed by atoms with E-state index in [1.807, 2.05) is 43.3 Å². The maximum atomic E-state index is 12.7. The Morgan fingerprint density at radius 2 is 1.74 bits per heavy atom. The first-order chi connectivity index (χ1) is 12.8. The van der Waals surface area contributed by atoms with Gasteiger partial charge in [0.2, 0.25) is 0 Å². The fourth-order valence-corrected chi connectivity index (χ4v) is 2.88. The highest BCUT2D eigenvalue weighted by Gasteiger charge is 2.31. The van der Waals surface area contributed by atoms with Crippen LogP contribution >= 0.6 is 12.2 Å². The highest BCUT2D eigenvalue weighted by atomic mass is 32.1. The molecule has 1 aliphatic rings. The van der Waals surface area contributed by atoms with Gasteiger partial charge < -0.3 is 15.0 Å². The summed E-state index contributed by atoms with van der Waals surface area (Å²) in [6.07, 6.45) is 1.71. The predicted molar refractivity (Wildman–Crippen MR) is 105 cm³/mol. The van der Waals surface area contributed by atoms with Gasteiger partial charge in [0.15, 0.2) is 5.11 Å². The van der Waals surface area contributed by atoms with Crippen LogP contribution in [0.25, 0.3) is 6.08 Å². The molecule has 8 heteroatoms. The first kappa shape index (κ1) is 18.8. The molecule has 2 aromatic carbocycles. The Hall–Kier alpha value is -3.00. The zero-order valence-corrected chi connectivity index (χ0v) is 15.5. The molecule has 0 spiro atoms. The molecule has 0 aliphatic carbocycles. The number of alkyl halides is 2. The van der Waals surface area contributed by atoms with Crippen molar-refractivity contribution >= 4 is 40.7 Å². The van der Waals surface area contributed by atoms with E-state index in [1.165, 1.54) is 29.2 Å². The van der Waals surface area contributed by atoms with Crippen molar-refractivity contribution in [2.24, 2.45) is 0 Å². The van der Waals surface area contributed by atoms with Crippen molar-refractivity contribution in [1.29, 1.82) is 0 Å². The van der Waals surface area contributed by atoms with Gasteiger partial charge in [-0.15, -0.1) is 0 Å². The highest BCUT2D eigenvalue weighted by molar-refractivity contribution is 7.80. The molecule has 0 unspecified atom stereocenters. The molecule has 0 atom stereocenters. The molecule has 1 fully saturated rings. The molecule has 2 aromatic rings. The zero-order valence-electron chi connectivity index (χ0n) is 14.6. The van der Waals surface area contributed by atoms with E-state index < -0.39 is 6.61 Å². The van der Waals surface area contributed by atoms with Crippen molar-refractivity contribution in [2.75, 3.05) is 23.9 Å². The van der Waals surface area contributed by atoms with Gasteiger partial charge in [-0.2, -0.15) is 8.78 Å². The molecular formula is C19H17F2N3O2S. The van der Waals surface area contributed by atoms with Crippen molar-refractivity contribution in [3.8, 4) is 5.75 Å². The van der Waals surface area contributed by atoms with Crippen LogP contribution in [-0.4, -0.2) is 31.7 Å². The van der Waals surface area contributed by atoms with Gasteiger partial charge in [0.1, 0.15) is 11.4 Å². The Morgan fingerprint density at radius 1 is 1.11 bits per heavy atom. The Labute approximate surface area is 160 Å². The lowest BCUT2D eigenvalue weighted by atomic mass is 10.1. The maximum Gasteiger partial charge on any atom is 0.387 e. The molecule has 0 saturated carbocycles. The summed E-state index contributed by atoms with van der Waals surface area (Å²) in [4.78, 5) is 16.0. The van der Waals surface area contributed by atoms with Crippen LogP contribution in [0.1, 0.15) is 5.56 Å². The molecule has 1 aliphatic heterocycles. The summed E-state index contributed by atoms with van der Waals surface area (Å²) in [6.45, 7) is -2.90. The van der Waals surface area contributed by atoms with Crippen molar-refractivity contribution in [3.05, 3.63) is 59.8 Å². The smallest absolute Gasteiger partial charge is 0.387 e. The second-order valence-electron chi connectivity index (χ2n) is 5.99. The van der Waals surface area contributed by atoms with Crippen LogP contribution in [0.3, 0.4) is 0 Å². The molecule has 3 rings (SSSR count). The van der Waals surface area contributed by atoms with Gasteiger partial charge in [0, 0.05) is 19.8 Å². The van der Waals surface area contributed by atoms with Crippen LogP contribution in [-0.2, 0) is 4.79 Å². The minimum absolute atomic E-state index is 0.0102. The zero-order chi connectivity index (χ0) is 19.6. The molecule has 1 saturated heterocycles. The van der Waals surface area contributed by atoms with Crippen molar-refractivity contribution in [2.45, 2.75) is 6.61 Å². The number of amides is 1. The number of anilines is 2. The van der Waals surface area contributed by atoms with Crippen molar-refractivity contribution < 1.29 is 18.3 Å². The normalized spacial score (nSPS) is 15.4. The fourth-order valence-electron chi connectivity index (χ4n) is 2.58. The summed E-state index contributed by atoms with van der Waals surface area (Å²) in [6, 6.07) is 13.4. The van der Waals surface area contributed by atoms with Gasteiger partial charge in [-0.05, 0) is 60.3 Å². The average molecular weight is 389 g/mol. The molecule has 27 heavy (non-hydrogen) atoms. The predicted octanol–water partition coefficient (Wildman–Crippen LogP) is 3.62. The number of nitrogens with zero attached hydrogens (tertiary/aromatic N) is 2. The topological polar surface area (TPSA) is 44.8 Å². The molecule has 1 N–H and O–H groups in total. The Bertz CT molecular complexity index is 881. The number of hydrogen-bond donors (Lipinski definition) is 1. The number of hydrogen-bond acceptors (Lipinski definition) is 4. The summed E-state index contributed by atoms with van der Waals surface area (Å²) >= 11 is 5.25. The molecule has 0 bridgehead atoms. The lowest BCUT2D eigenvalue weighted by molar-refractivity contribution is -0.113. The van der Waals surface area contributed by atoms with Crippen LogP contribution < -0.4 is 19.9 Å².